The zero-order valence-corrected chi connectivity index (χ0v) is 5.57. The fourth-order valence-electron chi connectivity index (χ4n) is 0.647. The van der Waals surface area contributed by atoms with Crippen LogP contribution < -0.4 is 0 Å². The van der Waals surface area contributed by atoms with E-state index >= 15 is 0 Å². The summed E-state index contributed by atoms with van der Waals surface area (Å²) in [5.74, 6) is 1.47. The molecule has 0 aliphatic carbocycles. The number of aryl methyl sites for hydroxylation is 1. The molecule has 3 nitrogen and oxygen atoms in total. The molecule has 0 aromatic carbocycles. The fourth-order valence-corrected chi connectivity index (χ4v) is 0.647. The Morgan fingerprint density at radius 1 is 1.60 bits per heavy atom. The highest BCUT2D eigenvalue weighted by Gasteiger charge is 1.90. The third kappa shape index (κ3) is 1.55. The van der Waals surface area contributed by atoms with Crippen molar-refractivity contribution >= 4 is 6.08 Å². The van der Waals surface area contributed by atoms with Crippen LogP contribution in [0.5, 0.6) is 0 Å². The third-order valence-corrected chi connectivity index (χ3v) is 1.06. The van der Waals surface area contributed by atoms with E-state index in [1.807, 2.05) is 13.0 Å². The maximum atomic E-state index is 9.61. The lowest BCUT2D eigenvalue weighted by atomic mass is 10.4. The van der Waals surface area contributed by atoms with Crippen molar-refractivity contribution in [1.29, 1.82) is 0 Å². The van der Waals surface area contributed by atoms with Crippen LogP contribution in [0.1, 0.15) is 11.5 Å². The summed E-state index contributed by atoms with van der Waals surface area (Å²) in [6.07, 6.45) is 2.66. The van der Waals surface area contributed by atoms with Crippen LogP contribution in [-0.4, -0.2) is 0 Å². The van der Waals surface area contributed by atoms with Gasteiger partial charge in [-0.25, -0.2) is 0 Å². The molecule has 1 heterocycles. The smallest absolute Gasteiger partial charge is 0.128 e. The van der Waals surface area contributed by atoms with Gasteiger partial charge in [0, 0.05) is 6.08 Å². The summed E-state index contributed by atoms with van der Waals surface area (Å²) >= 11 is 0. The molecular formula is C7H7NO2. The molecule has 0 fully saturated rings. The largest absolute Gasteiger partial charge is 0.462 e. The summed E-state index contributed by atoms with van der Waals surface area (Å²) in [6.45, 7) is 1.84. The molecule has 1 rings (SSSR count). The first-order chi connectivity index (χ1) is 4.83. The Hall–Kier alpha value is -1.38. The van der Waals surface area contributed by atoms with Gasteiger partial charge in [0.15, 0.2) is 0 Å². The molecule has 0 saturated carbocycles. The highest BCUT2D eigenvalue weighted by atomic mass is 16.3. The molecule has 0 N–H and O–H groups in total. The molecule has 0 radical (unpaired) electrons. The minimum atomic E-state index is 0.650. The van der Waals surface area contributed by atoms with Gasteiger partial charge in [-0.15, -0.1) is 4.91 Å². The van der Waals surface area contributed by atoms with E-state index in [0.29, 0.717) is 5.76 Å². The summed E-state index contributed by atoms with van der Waals surface area (Å²) in [7, 11) is 0. The van der Waals surface area contributed by atoms with Crippen molar-refractivity contribution in [3.05, 3.63) is 34.8 Å². The Labute approximate surface area is 58.3 Å². The average molecular weight is 137 g/mol. The number of nitroso groups, excluding NO2 is 1. The molecule has 3 heteroatoms. The molecule has 0 unspecified atom stereocenters. The summed E-state index contributed by atoms with van der Waals surface area (Å²) in [4.78, 5) is 9.61. The first-order valence-electron chi connectivity index (χ1n) is 2.88. The van der Waals surface area contributed by atoms with Crippen molar-refractivity contribution in [1.82, 2.24) is 0 Å². The van der Waals surface area contributed by atoms with Crippen molar-refractivity contribution in [2.24, 2.45) is 5.18 Å². The van der Waals surface area contributed by atoms with Crippen LogP contribution in [0, 0.1) is 11.8 Å². The standard InChI is InChI=1S/C7H7NO2/c1-6-2-3-7(10-6)4-5-8-9/h2-5H,1H3/b5-4+. The van der Waals surface area contributed by atoms with E-state index in [-0.39, 0.29) is 0 Å². The van der Waals surface area contributed by atoms with Gasteiger partial charge in [-0.05, 0) is 24.2 Å². The lowest BCUT2D eigenvalue weighted by Gasteiger charge is -1.79. The van der Waals surface area contributed by atoms with Gasteiger partial charge in [-0.3, -0.25) is 0 Å². The lowest BCUT2D eigenvalue weighted by Crippen LogP contribution is -1.58. The molecule has 1 aromatic heterocycles. The van der Waals surface area contributed by atoms with E-state index < -0.39 is 0 Å². The quantitative estimate of drug-likeness (QED) is 0.587. The Balaban J connectivity index is 2.75. The van der Waals surface area contributed by atoms with Crippen LogP contribution in [0.25, 0.3) is 6.08 Å². The van der Waals surface area contributed by atoms with Crippen molar-refractivity contribution < 1.29 is 4.42 Å². The summed E-state index contributed by atoms with van der Waals surface area (Å²) in [6, 6.07) is 3.60. The predicted octanol–water partition coefficient (Wildman–Crippen LogP) is 2.33. The van der Waals surface area contributed by atoms with E-state index in [2.05, 4.69) is 5.18 Å². The molecule has 0 bridgehead atoms. The first-order valence-corrected chi connectivity index (χ1v) is 2.88. The number of nitrogens with zero attached hydrogens (tertiary/aromatic N) is 1. The average Bonchev–Trinajstić information content (AvgIpc) is 2.31. The second-order valence-corrected chi connectivity index (χ2v) is 1.87. The van der Waals surface area contributed by atoms with Gasteiger partial charge < -0.3 is 4.42 Å². The fraction of sp³-hybridized carbons (Fsp3) is 0.143. The molecule has 0 aliphatic rings. The molecule has 1 aromatic rings. The normalized spacial score (nSPS) is 10.5. The van der Waals surface area contributed by atoms with Gasteiger partial charge in [0.1, 0.15) is 11.5 Å². The summed E-state index contributed by atoms with van der Waals surface area (Å²) < 4.78 is 5.10. The molecule has 52 valence electrons. The van der Waals surface area contributed by atoms with Gasteiger partial charge in [0.25, 0.3) is 0 Å². The maximum absolute atomic E-state index is 9.61. The zero-order chi connectivity index (χ0) is 7.40. The Kier molecular flexibility index (Phi) is 1.99. The molecular weight excluding hydrogens is 130 g/mol. The lowest BCUT2D eigenvalue weighted by molar-refractivity contribution is 0.525. The minimum absolute atomic E-state index is 0.650. The third-order valence-electron chi connectivity index (χ3n) is 1.06. The highest BCUT2D eigenvalue weighted by Crippen LogP contribution is 2.07. The van der Waals surface area contributed by atoms with Gasteiger partial charge in [0.05, 0.1) is 6.20 Å². The first kappa shape index (κ1) is 6.74. The second kappa shape index (κ2) is 2.96. The number of hydrogen-bond donors (Lipinski definition) is 0. The van der Waals surface area contributed by atoms with Crippen LogP contribution in [0.15, 0.2) is 27.9 Å². The maximum Gasteiger partial charge on any atom is 0.128 e. The van der Waals surface area contributed by atoms with E-state index in [4.69, 9.17) is 4.42 Å². The van der Waals surface area contributed by atoms with Gasteiger partial charge in [0.2, 0.25) is 0 Å². The van der Waals surface area contributed by atoms with E-state index in [0.717, 1.165) is 12.0 Å². The van der Waals surface area contributed by atoms with Crippen LogP contribution in [-0.2, 0) is 0 Å². The molecule has 0 amide bonds. The molecule has 0 atom stereocenters. The van der Waals surface area contributed by atoms with E-state index in [1.165, 1.54) is 6.08 Å². The predicted molar refractivity (Wildman–Crippen MR) is 38.3 cm³/mol. The summed E-state index contributed by atoms with van der Waals surface area (Å²) in [5.41, 5.74) is 0. The second-order valence-electron chi connectivity index (χ2n) is 1.87. The molecule has 0 saturated heterocycles. The minimum Gasteiger partial charge on any atom is -0.462 e. The Morgan fingerprint density at radius 3 is 2.90 bits per heavy atom. The SMILES string of the molecule is Cc1ccc(/C=C/N=O)o1. The Morgan fingerprint density at radius 2 is 2.40 bits per heavy atom. The van der Waals surface area contributed by atoms with Crippen molar-refractivity contribution in [3.8, 4) is 0 Å². The molecule has 0 aliphatic heterocycles. The van der Waals surface area contributed by atoms with Crippen LogP contribution in [0.2, 0.25) is 0 Å². The summed E-state index contributed by atoms with van der Waals surface area (Å²) in [5, 5.41) is 2.55. The van der Waals surface area contributed by atoms with Gasteiger partial charge >= 0.3 is 0 Å². The monoisotopic (exact) mass is 137 g/mol. The molecule has 10 heavy (non-hydrogen) atoms. The van der Waals surface area contributed by atoms with E-state index in [1.54, 1.807) is 6.07 Å². The van der Waals surface area contributed by atoms with Crippen LogP contribution in [0.4, 0.5) is 0 Å². The van der Waals surface area contributed by atoms with Crippen molar-refractivity contribution in [3.63, 3.8) is 0 Å². The number of hydrogen-bond acceptors (Lipinski definition) is 3. The van der Waals surface area contributed by atoms with Gasteiger partial charge in [-0.1, -0.05) is 0 Å². The number of furan rings is 1. The zero-order valence-electron chi connectivity index (χ0n) is 5.57. The number of rotatable bonds is 2. The van der Waals surface area contributed by atoms with Gasteiger partial charge in [-0.2, -0.15) is 0 Å². The van der Waals surface area contributed by atoms with Crippen LogP contribution in [0.3, 0.4) is 0 Å². The molecule has 0 spiro atoms. The van der Waals surface area contributed by atoms with E-state index in [9.17, 15) is 4.91 Å². The van der Waals surface area contributed by atoms with Crippen molar-refractivity contribution in [2.45, 2.75) is 6.92 Å². The van der Waals surface area contributed by atoms with Crippen LogP contribution >= 0.6 is 0 Å². The Bertz CT molecular complexity index is 250. The van der Waals surface area contributed by atoms with Crippen molar-refractivity contribution in [2.75, 3.05) is 0 Å². The topological polar surface area (TPSA) is 42.6 Å². The highest BCUT2D eigenvalue weighted by molar-refractivity contribution is 5.42.